The molecule has 0 saturated carbocycles. The molecule has 26 heavy (non-hydrogen) atoms. The molecule has 0 nitrogen and oxygen atoms in total. The van der Waals surface area contributed by atoms with Crippen LogP contribution in [0.25, 0.3) is 21.9 Å². The Bertz CT molecular complexity index is 1130. The van der Waals surface area contributed by atoms with Gasteiger partial charge in [0, 0.05) is 5.41 Å². The first-order chi connectivity index (χ1) is 12.6. The molecule has 0 heterocycles. The fraction of sp³-hybridized carbons (Fsp3) is 0.154. The van der Waals surface area contributed by atoms with Crippen LogP contribution in [0.3, 0.4) is 0 Å². The Labute approximate surface area is 155 Å². The van der Waals surface area contributed by atoms with Crippen molar-refractivity contribution in [3.8, 4) is 11.1 Å². The second-order valence-electron chi connectivity index (χ2n) is 7.86. The third kappa shape index (κ3) is 2.22. The first-order valence-corrected chi connectivity index (χ1v) is 9.34. The van der Waals surface area contributed by atoms with Crippen molar-refractivity contribution in [3.05, 3.63) is 107 Å². The molecule has 0 atom stereocenters. The lowest BCUT2D eigenvalue weighted by Crippen LogP contribution is -2.27. The van der Waals surface area contributed by atoms with E-state index in [4.69, 9.17) is 0 Å². The van der Waals surface area contributed by atoms with Crippen molar-refractivity contribution in [3.63, 3.8) is 0 Å². The highest BCUT2D eigenvalue weighted by Crippen LogP contribution is 2.45. The Balaban J connectivity index is 1.76. The van der Waals surface area contributed by atoms with E-state index in [0.717, 1.165) is 6.42 Å². The van der Waals surface area contributed by atoms with Crippen LogP contribution in [-0.2, 0) is 11.8 Å². The van der Waals surface area contributed by atoms with Crippen LogP contribution in [0.5, 0.6) is 0 Å². The Morgan fingerprint density at radius 3 is 2.27 bits per heavy atom. The minimum absolute atomic E-state index is 0.00636. The molecule has 5 rings (SSSR count). The summed E-state index contributed by atoms with van der Waals surface area (Å²) >= 11 is 0. The number of benzene rings is 4. The maximum atomic E-state index is 2.37. The number of fused-ring (bicyclic) bond motifs is 3. The van der Waals surface area contributed by atoms with Gasteiger partial charge in [-0.15, -0.1) is 0 Å². The molecule has 0 fully saturated rings. The molecule has 0 aliphatic heterocycles. The van der Waals surface area contributed by atoms with E-state index in [0.29, 0.717) is 0 Å². The van der Waals surface area contributed by atoms with Crippen LogP contribution in [-0.4, -0.2) is 0 Å². The van der Waals surface area contributed by atoms with Gasteiger partial charge in [-0.2, -0.15) is 0 Å². The highest BCUT2D eigenvalue weighted by atomic mass is 14.4. The van der Waals surface area contributed by atoms with Gasteiger partial charge >= 0.3 is 0 Å². The maximum absolute atomic E-state index is 2.37. The van der Waals surface area contributed by atoms with Gasteiger partial charge in [0.2, 0.25) is 0 Å². The summed E-state index contributed by atoms with van der Waals surface area (Å²) in [7, 11) is 0. The van der Waals surface area contributed by atoms with Crippen LogP contribution in [0.15, 0.2) is 84.9 Å². The summed E-state index contributed by atoms with van der Waals surface area (Å²) in [6, 6.07) is 31.2. The van der Waals surface area contributed by atoms with E-state index in [2.05, 4.69) is 98.8 Å². The molecule has 126 valence electrons. The monoisotopic (exact) mass is 334 g/mol. The summed E-state index contributed by atoms with van der Waals surface area (Å²) in [5, 5.41) is 2.60. The minimum Gasteiger partial charge on any atom is -0.0620 e. The van der Waals surface area contributed by atoms with Gasteiger partial charge in [0.1, 0.15) is 0 Å². The molecular weight excluding hydrogens is 312 g/mol. The third-order valence-corrected chi connectivity index (χ3v) is 5.91. The molecule has 0 spiro atoms. The zero-order valence-corrected chi connectivity index (χ0v) is 15.3. The first-order valence-electron chi connectivity index (χ1n) is 9.34. The number of rotatable bonds is 1. The Morgan fingerprint density at radius 1 is 0.654 bits per heavy atom. The maximum Gasteiger partial charge on any atom is 0.0158 e. The quantitative estimate of drug-likeness (QED) is 0.362. The predicted molar refractivity (Wildman–Crippen MR) is 111 cm³/mol. The van der Waals surface area contributed by atoms with E-state index in [-0.39, 0.29) is 5.41 Å². The van der Waals surface area contributed by atoms with Crippen LogP contribution in [0.1, 0.15) is 36.1 Å². The smallest absolute Gasteiger partial charge is 0.0158 e. The van der Waals surface area contributed by atoms with Crippen LogP contribution in [0.2, 0.25) is 0 Å². The molecular formula is C26H22. The average molecular weight is 334 g/mol. The summed E-state index contributed by atoms with van der Waals surface area (Å²) in [4.78, 5) is 0. The van der Waals surface area contributed by atoms with E-state index in [9.17, 15) is 0 Å². The molecule has 1 aliphatic rings. The lowest BCUT2D eigenvalue weighted by molar-refractivity contribution is 0.612. The molecule has 4 aromatic carbocycles. The summed E-state index contributed by atoms with van der Waals surface area (Å²) in [6.07, 6.45) is 1.02. The van der Waals surface area contributed by atoms with Gasteiger partial charge in [0.05, 0.1) is 0 Å². The molecule has 0 radical (unpaired) electrons. The van der Waals surface area contributed by atoms with Gasteiger partial charge < -0.3 is 0 Å². The fourth-order valence-corrected chi connectivity index (χ4v) is 4.71. The normalized spacial score (nSPS) is 14.7. The second-order valence-corrected chi connectivity index (χ2v) is 7.86. The Kier molecular flexibility index (Phi) is 3.30. The Morgan fingerprint density at radius 2 is 1.38 bits per heavy atom. The lowest BCUT2D eigenvalue weighted by atomic mass is 9.67. The zero-order chi connectivity index (χ0) is 17.7. The first kappa shape index (κ1) is 15.4. The summed E-state index contributed by atoms with van der Waals surface area (Å²) in [6.45, 7) is 4.74. The predicted octanol–water partition coefficient (Wildman–Crippen LogP) is 6.74. The van der Waals surface area contributed by atoms with Gasteiger partial charge in [-0.1, -0.05) is 92.7 Å². The van der Waals surface area contributed by atoms with E-state index in [1.54, 1.807) is 0 Å². The molecule has 0 heteroatoms. The molecule has 0 N–H and O–H groups in total. The van der Waals surface area contributed by atoms with Crippen molar-refractivity contribution in [2.24, 2.45) is 0 Å². The summed E-state index contributed by atoms with van der Waals surface area (Å²) in [5.74, 6) is 0. The standard InChI is InChI=1S/C26H22/c1-26(2)24-13-6-5-10-21(24)17-22-11-7-12-23(25(22)26)20-15-14-18-8-3-4-9-19(18)16-20/h3-16H,17H2,1-2H3. The molecule has 0 amide bonds. The van der Waals surface area contributed by atoms with Crippen LogP contribution >= 0.6 is 0 Å². The molecule has 1 aliphatic carbocycles. The second kappa shape index (κ2) is 5.57. The van der Waals surface area contributed by atoms with Crippen molar-refractivity contribution < 1.29 is 0 Å². The highest BCUT2D eigenvalue weighted by molar-refractivity contribution is 5.88. The number of hydrogen-bond donors (Lipinski definition) is 0. The molecule has 0 aromatic heterocycles. The lowest BCUT2D eigenvalue weighted by Gasteiger charge is -2.37. The van der Waals surface area contributed by atoms with E-state index in [1.165, 1.54) is 44.2 Å². The van der Waals surface area contributed by atoms with Gasteiger partial charge in [-0.3, -0.25) is 0 Å². The molecule has 0 bridgehead atoms. The van der Waals surface area contributed by atoms with Gasteiger partial charge in [0.15, 0.2) is 0 Å². The van der Waals surface area contributed by atoms with Gasteiger partial charge in [0.25, 0.3) is 0 Å². The van der Waals surface area contributed by atoms with Crippen LogP contribution in [0.4, 0.5) is 0 Å². The van der Waals surface area contributed by atoms with Crippen molar-refractivity contribution in [1.82, 2.24) is 0 Å². The van der Waals surface area contributed by atoms with Crippen LogP contribution in [0, 0.1) is 0 Å². The summed E-state index contributed by atoms with van der Waals surface area (Å²) in [5.41, 5.74) is 8.54. The van der Waals surface area contributed by atoms with Crippen molar-refractivity contribution >= 4 is 10.8 Å². The van der Waals surface area contributed by atoms with E-state index >= 15 is 0 Å². The zero-order valence-electron chi connectivity index (χ0n) is 15.3. The molecule has 0 saturated heterocycles. The van der Waals surface area contributed by atoms with Gasteiger partial charge in [-0.05, 0) is 56.6 Å². The van der Waals surface area contributed by atoms with Gasteiger partial charge in [-0.25, -0.2) is 0 Å². The highest BCUT2D eigenvalue weighted by Gasteiger charge is 2.34. The average Bonchev–Trinajstić information content (AvgIpc) is 2.67. The molecule has 4 aromatic rings. The third-order valence-electron chi connectivity index (χ3n) is 5.91. The van der Waals surface area contributed by atoms with Crippen molar-refractivity contribution in [2.75, 3.05) is 0 Å². The summed E-state index contributed by atoms with van der Waals surface area (Å²) < 4.78 is 0. The van der Waals surface area contributed by atoms with Crippen molar-refractivity contribution in [2.45, 2.75) is 25.7 Å². The largest absolute Gasteiger partial charge is 0.0620 e. The van der Waals surface area contributed by atoms with E-state index in [1.807, 2.05) is 0 Å². The minimum atomic E-state index is 0.00636. The molecule has 0 unspecified atom stereocenters. The SMILES string of the molecule is CC1(C)c2ccccc2Cc2cccc(-c3ccc4ccccc4c3)c21. The number of hydrogen-bond acceptors (Lipinski definition) is 0. The van der Waals surface area contributed by atoms with E-state index < -0.39 is 0 Å². The fourth-order valence-electron chi connectivity index (χ4n) is 4.71. The van der Waals surface area contributed by atoms with Crippen molar-refractivity contribution in [1.29, 1.82) is 0 Å². The van der Waals surface area contributed by atoms with Crippen LogP contribution < -0.4 is 0 Å². The Hall–Kier alpha value is -2.86. The topological polar surface area (TPSA) is 0 Å².